The summed E-state index contributed by atoms with van der Waals surface area (Å²) in [6.07, 6.45) is 4.59. The third-order valence-electron chi connectivity index (χ3n) is 6.75. The molecule has 3 heterocycles. The third-order valence-corrected chi connectivity index (χ3v) is 6.75. The van der Waals surface area contributed by atoms with Crippen LogP contribution >= 0.6 is 0 Å². The minimum Gasteiger partial charge on any atom is -0.378 e. The molecule has 0 aliphatic carbocycles. The molecule has 0 amide bonds. The van der Waals surface area contributed by atoms with Crippen molar-refractivity contribution < 1.29 is 4.74 Å². The molecule has 4 rings (SSSR count). The van der Waals surface area contributed by atoms with Crippen molar-refractivity contribution in [2.45, 2.75) is 45.6 Å². The molecular formula is C25H35N3O2. The van der Waals surface area contributed by atoms with E-state index in [1.165, 1.54) is 12.0 Å². The van der Waals surface area contributed by atoms with E-state index in [1.807, 2.05) is 0 Å². The van der Waals surface area contributed by atoms with Crippen LogP contribution in [-0.2, 0) is 11.2 Å². The summed E-state index contributed by atoms with van der Waals surface area (Å²) >= 11 is 0. The van der Waals surface area contributed by atoms with E-state index in [0.717, 1.165) is 69.5 Å². The number of H-pyrrole nitrogens is 1. The zero-order valence-electron chi connectivity index (χ0n) is 18.3. The lowest BCUT2D eigenvalue weighted by molar-refractivity contribution is 0.122. The van der Waals surface area contributed by atoms with Crippen LogP contribution in [0.25, 0.3) is 0 Å². The molecule has 2 aliphatic rings. The first-order valence-electron chi connectivity index (χ1n) is 11.5. The Bertz CT molecular complexity index is 858. The lowest BCUT2D eigenvalue weighted by Crippen LogP contribution is -2.40. The molecule has 5 nitrogen and oxygen atoms in total. The molecule has 2 saturated heterocycles. The number of anilines is 2. The fraction of sp³-hybridized carbons (Fsp3) is 0.560. The van der Waals surface area contributed by atoms with Crippen LogP contribution in [0.2, 0.25) is 0 Å². The number of rotatable bonds is 5. The number of benzene rings is 1. The molecule has 30 heavy (non-hydrogen) atoms. The second-order valence-electron chi connectivity index (χ2n) is 9.11. The van der Waals surface area contributed by atoms with Crippen molar-refractivity contribution in [1.82, 2.24) is 4.98 Å². The van der Waals surface area contributed by atoms with E-state index < -0.39 is 0 Å². The Kier molecular flexibility index (Phi) is 6.78. The highest BCUT2D eigenvalue weighted by atomic mass is 16.5. The highest BCUT2D eigenvalue weighted by Crippen LogP contribution is 2.33. The van der Waals surface area contributed by atoms with Crippen molar-refractivity contribution in [2.24, 2.45) is 11.8 Å². The molecule has 0 radical (unpaired) electrons. The highest BCUT2D eigenvalue weighted by molar-refractivity contribution is 5.56. The zero-order valence-corrected chi connectivity index (χ0v) is 18.3. The van der Waals surface area contributed by atoms with Crippen LogP contribution in [-0.4, -0.2) is 43.9 Å². The Morgan fingerprint density at radius 2 is 1.87 bits per heavy atom. The number of pyridine rings is 1. The second-order valence-corrected chi connectivity index (χ2v) is 9.11. The second kappa shape index (κ2) is 9.69. The van der Waals surface area contributed by atoms with Crippen molar-refractivity contribution in [3.63, 3.8) is 0 Å². The predicted octanol–water partition coefficient (Wildman–Crippen LogP) is 4.09. The molecule has 2 aliphatic heterocycles. The van der Waals surface area contributed by atoms with E-state index in [0.29, 0.717) is 12.0 Å². The molecule has 1 unspecified atom stereocenters. The maximum atomic E-state index is 12.6. The largest absolute Gasteiger partial charge is 0.378 e. The Labute approximate surface area is 180 Å². The van der Waals surface area contributed by atoms with Gasteiger partial charge in [-0.1, -0.05) is 44.2 Å². The minimum absolute atomic E-state index is 0.0166. The highest BCUT2D eigenvalue weighted by Gasteiger charge is 2.29. The van der Waals surface area contributed by atoms with Crippen LogP contribution in [0.5, 0.6) is 0 Å². The van der Waals surface area contributed by atoms with Gasteiger partial charge in [0.15, 0.2) is 0 Å². The summed E-state index contributed by atoms with van der Waals surface area (Å²) in [6.45, 7) is 8.81. The number of nitrogens with one attached hydrogen (secondary N) is 1. The van der Waals surface area contributed by atoms with Crippen molar-refractivity contribution in [1.29, 1.82) is 0 Å². The summed E-state index contributed by atoms with van der Waals surface area (Å²) in [6, 6.07) is 15.1. The summed E-state index contributed by atoms with van der Waals surface area (Å²) in [5.74, 6) is 2.37. The average molecular weight is 410 g/mol. The fourth-order valence-corrected chi connectivity index (χ4v) is 4.98. The summed E-state index contributed by atoms with van der Waals surface area (Å²) in [5.41, 5.74) is 2.36. The van der Waals surface area contributed by atoms with Gasteiger partial charge in [0.2, 0.25) is 0 Å². The van der Waals surface area contributed by atoms with Crippen molar-refractivity contribution in [3.8, 4) is 0 Å². The first kappa shape index (κ1) is 21.0. The number of aromatic nitrogens is 1. The van der Waals surface area contributed by atoms with Crippen LogP contribution < -0.4 is 15.4 Å². The first-order valence-corrected chi connectivity index (χ1v) is 11.5. The molecule has 2 fully saturated rings. The number of aromatic amines is 1. The van der Waals surface area contributed by atoms with E-state index in [4.69, 9.17) is 4.74 Å². The number of ether oxygens (including phenoxy) is 1. The maximum Gasteiger partial charge on any atom is 0.251 e. The molecule has 5 heteroatoms. The Balaban J connectivity index is 1.65. The monoisotopic (exact) mass is 409 g/mol. The Hall–Kier alpha value is -2.27. The summed E-state index contributed by atoms with van der Waals surface area (Å²) in [5, 5.41) is 0. The van der Waals surface area contributed by atoms with Crippen molar-refractivity contribution in [2.75, 3.05) is 42.6 Å². The van der Waals surface area contributed by atoms with E-state index in [1.54, 1.807) is 6.07 Å². The lowest BCUT2D eigenvalue weighted by atomic mass is 9.85. The molecule has 2 aromatic rings. The van der Waals surface area contributed by atoms with Gasteiger partial charge in [-0.05, 0) is 43.1 Å². The summed E-state index contributed by atoms with van der Waals surface area (Å²) < 4.78 is 5.49. The number of nitrogens with zero attached hydrogens (tertiary/aromatic N) is 2. The fourth-order valence-electron chi connectivity index (χ4n) is 4.98. The van der Waals surface area contributed by atoms with Gasteiger partial charge in [0, 0.05) is 43.5 Å². The van der Waals surface area contributed by atoms with E-state index in [9.17, 15) is 4.79 Å². The summed E-state index contributed by atoms with van der Waals surface area (Å²) in [4.78, 5) is 20.5. The van der Waals surface area contributed by atoms with Gasteiger partial charge < -0.3 is 19.5 Å². The molecular weight excluding hydrogens is 374 g/mol. The summed E-state index contributed by atoms with van der Waals surface area (Å²) in [7, 11) is 0. The molecule has 1 N–H and O–H groups in total. The van der Waals surface area contributed by atoms with Crippen LogP contribution in [0.4, 0.5) is 11.5 Å². The number of morpholine rings is 1. The van der Waals surface area contributed by atoms with Gasteiger partial charge in [0.25, 0.3) is 5.56 Å². The molecule has 0 spiro atoms. The van der Waals surface area contributed by atoms with E-state index in [-0.39, 0.29) is 5.56 Å². The Morgan fingerprint density at radius 1 is 1.10 bits per heavy atom. The van der Waals surface area contributed by atoms with Crippen LogP contribution in [0.1, 0.15) is 38.7 Å². The van der Waals surface area contributed by atoms with Gasteiger partial charge in [0.1, 0.15) is 5.82 Å². The van der Waals surface area contributed by atoms with Gasteiger partial charge in [0.05, 0.1) is 13.2 Å². The topological polar surface area (TPSA) is 48.6 Å². The molecule has 2 atom stereocenters. The molecule has 0 bridgehead atoms. The molecule has 162 valence electrons. The van der Waals surface area contributed by atoms with Gasteiger partial charge in [-0.25, -0.2) is 0 Å². The van der Waals surface area contributed by atoms with Crippen molar-refractivity contribution >= 4 is 11.5 Å². The smallest absolute Gasteiger partial charge is 0.251 e. The SMILES string of the molecule is CC(C)[C@@H]1CCCN(c2cc(N3CCOCC3)cc(=O)[nH]2)C(Cc2ccccc2)C1. The average Bonchev–Trinajstić information content (AvgIpc) is 2.97. The normalized spacial score (nSPS) is 22.9. The first-order chi connectivity index (χ1) is 14.6. The molecule has 1 aromatic carbocycles. The van der Waals surface area contributed by atoms with Crippen LogP contribution in [0.15, 0.2) is 47.3 Å². The van der Waals surface area contributed by atoms with Gasteiger partial charge in [-0.2, -0.15) is 0 Å². The van der Waals surface area contributed by atoms with Gasteiger partial charge in [-0.3, -0.25) is 4.79 Å². The zero-order chi connectivity index (χ0) is 20.9. The van der Waals surface area contributed by atoms with Crippen LogP contribution in [0.3, 0.4) is 0 Å². The van der Waals surface area contributed by atoms with Crippen molar-refractivity contribution in [3.05, 3.63) is 58.4 Å². The molecule has 0 saturated carbocycles. The van der Waals surface area contributed by atoms with Gasteiger partial charge >= 0.3 is 0 Å². The maximum absolute atomic E-state index is 12.6. The Morgan fingerprint density at radius 3 is 2.60 bits per heavy atom. The van der Waals surface area contributed by atoms with E-state index >= 15 is 0 Å². The number of hydrogen-bond acceptors (Lipinski definition) is 4. The number of hydrogen-bond donors (Lipinski definition) is 1. The van der Waals surface area contributed by atoms with E-state index in [2.05, 4.69) is 65.0 Å². The predicted molar refractivity (Wildman–Crippen MR) is 124 cm³/mol. The lowest BCUT2D eigenvalue weighted by Gasteiger charge is -2.35. The standard InChI is InChI=1S/C25H35N3O2/c1-19(2)21-9-6-10-28(23(16-21)15-20-7-4-3-5-8-20)24-17-22(18-25(29)26-24)27-11-13-30-14-12-27/h3-5,7-8,17-19,21,23H,6,9-16H2,1-2H3,(H,26,29)/t21-,23?/m1/s1. The minimum atomic E-state index is -0.0166. The van der Waals surface area contributed by atoms with Crippen LogP contribution in [0, 0.1) is 11.8 Å². The third kappa shape index (κ3) is 5.07. The van der Waals surface area contributed by atoms with Gasteiger partial charge in [-0.15, -0.1) is 0 Å². The quantitative estimate of drug-likeness (QED) is 0.808. The molecule has 1 aromatic heterocycles.